The van der Waals surface area contributed by atoms with Crippen LogP contribution in [0, 0.1) is 0 Å². The fraction of sp³-hybridized carbons (Fsp3) is 1.00. The van der Waals surface area contributed by atoms with Crippen molar-refractivity contribution in [3.63, 3.8) is 0 Å². The van der Waals surface area contributed by atoms with Crippen LogP contribution in [0.4, 0.5) is 0 Å². The van der Waals surface area contributed by atoms with Gasteiger partial charge in [-0.3, -0.25) is 0 Å². The second-order valence-corrected chi connectivity index (χ2v) is 5.02. The molecule has 0 aromatic carbocycles. The maximum Gasteiger partial charge on any atom is 0.514 e. The van der Waals surface area contributed by atoms with Crippen LogP contribution in [0.1, 0.15) is 13.3 Å². The maximum atomic E-state index is 5.46. The first-order valence-electron chi connectivity index (χ1n) is 3.69. The Hall–Kier alpha value is 0.0569. The minimum atomic E-state index is -2.46. The van der Waals surface area contributed by atoms with E-state index in [9.17, 15) is 0 Å². The van der Waals surface area contributed by atoms with E-state index in [2.05, 4.69) is 0 Å². The van der Waals surface area contributed by atoms with E-state index in [-0.39, 0.29) is 0 Å². The fourth-order valence-electron chi connectivity index (χ4n) is 0.684. The Balaban J connectivity index is 3.84. The first kappa shape index (κ1) is 11.1. The van der Waals surface area contributed by atoms with E-state index in [1.807, 2.05) is 6.92 Å². The van der Waals surface area contributed by atoms with Gasteiger partial charge in [0.25, 0.3) is 0 Å². The minimum Gasteiger partial charge on any atom is -0.376 e. The summed E-state index contributed by atoms with van der Waals surface area (Å²) < 4.78 is 15.6. The lowest BCUT2D eigenvalue weighted by molar-refractivity contribution is 0.0999. The molecule has 0 aliphatic heterocycles. The predicted molar refractivity (Wildman–Crippen MR) is 45.1 cm³/mol. The molecule has 0 heterocycles. The van der Waals surface area contributed by atoms with Gasteiger partial charge in [0, 0.05) is 20.8 Å². The van der Waals surface area contributed by atoms with E-state index in [1.165, 1.54) is 0 Å². The molecular weight excluding hydrogens is 162 g/mol. The van der Waals surface area contributed by atoms with Crippen LogP contribution >= 0.6 is 0 Å². The molecular formula is C6H17NO3Si. The van der Waals surface area contributed by atoms with Gasteiger partial charge < -0.3 is 19.0 Å². The first-order chi connectivity index (χ1) is 5.24. The Morgan fingerprint density at radius 2 is 1.82 bits per heavy atom. The summed E-state index contributed by atoms with van der Waals surface area (Å²) in [7, 11) is 0.675. The van der Waals surface area contributed by atoms with Crippen molar-refractivity contribution in [3.8, 4) is 0 Å². The van der Waals surface area contributed by atoms with Crippen LogP contribution in [-0.2, 0) is 13.3 Å². The van der Waals surface area contributed by atoms with Crippen molar-refractivity contribution < 1.29 is 13.3 Å². The summed E-state index contributed by atoms with van der Waals surface area (Å²) in [6, 6.07) is 0. The second kappa shape index (κ2) is 5.67. The van der Waals surface area contributed by atoms with Gasteiger partial charge in [-0.05, 0) is 6.42 Å². The highest BCUT2D eigenvalue weighted by Crippen LogP contribution is 2.04. The van der Waals surface area contributed by atoms with E-state index in [4.69, 9.17) is 19.0 Å². The number of hydrogen-bond donors (Lipinski definition) is 1. The molecule has 68 valence electrons. The first-order valence-corrected chi connectivity index (χ1v) is 5.62. The topological polar surface area (TPSA) is 53.7 Å². The van der Waals surface area contributed by atoms with Gasteiger partial charge >= 0.3 is 8.80 Å². The summed E-state index contributed by atoms with van der Waals surface area (Å²) in [5.74, 6) is 0. The SMILES string of the molecule is CCCO[Si](CN)(OC)OC. The standard InChI is InChI=1S/C6H17NO3Si/c1-4-5-10-11(6-7,8-2)9-3/h4-7H2,1-3H3. The van der Waals surface area contributed by atoms with Gasteiger partial charge in [-0.25, -0.2) is 0 Å². The molecule has 4 nitrogen and oxygen atoms in total. The van der Waals surface area contributed by atoms with Crippen LogP contribution in [0.25, 0.3) is 0 Å². The zero-order valence-corrected chi connectivity index (χ0v) is 8.42. The molecule has 0 aliphatic carbocycles. The van der Waals surface area contributed by atoms with Crippen LogP contribution in [0.15, 0.2) is 0 Å². The highest BCUT2D eigenvalue weighted by Gasteiger charge is 2.36. The second-order valence-electron chi connectivity index (χ2n) is 2.14. The Labute approximate surface area is 69.0 Å². The van der Waals surface area contributed by atoms with E-state index in [0.29, 0.717) is 12.8 Å². The van der Waals surface area contributed by atoms with Gasteiger partial charge in [0.05, 0.1) is 6.17 Å². The summed E-state index contributed by atoms with van der Waals surface area (Å²) >= 11 is 0. The van der Waals surface area contributed by atoms with Crippen LogP contribution < -0.4 is 5.73 Å². The number of hydrogen-bond acceptors (Lipinski definition) is 4. The average molecular weight is 179 g/mol. The summed E-state index contributed by atoms with van der Waals surface area (Å²) in [5, 5.41) is 0. The Morgan fingerprint density at radius 3 is 2.09 bits per heavy atom. The molecule has 0 aromatic rings. The summed E-state index contributed by atoms with van der Waals surface area (Å²) in [4.78, 5) is 0. The van der Waals surface area contributed by atoms with Crippen molar-refractivity contribution in [3.05, 3.63) is 0 Å². The lowest BCUT2D eigenvalue weighted by atomic mass is 10.5. The van der Waals surface area contributed by atoms with Crippen molar-refractivity contribution in [2.75, 3.05) is 27.0 Å². The van der Waals surface area contributed by atoms with Crippen LogP contribution in [0.2, 0.25) is 0 Å². The Kier molecular flexibility index (Phi) is 5.70. The molecule has 0 atom stereocenters. The molecule has 0 spiro atoms. The molecule has 0 unspecified atom stereocenters. The van der Waals surface area contributed by atoms with Crippen LogP contribution in [-0.4, -0.2) is 35.8 Å². The van der Waals surface area contributed by atoms with Gasteiger partial charge in [0.2, 0.25) is 0 Å². The highest BCUT2D eigenvalue weighted by molar-refractivity contribution is 6.60. The smallest absolute Gasteiger partial charge is 0.376 e. The lowest BCUT2D eigenvalue weighted by Crippen LogP contribution is -2.51. The van der Waals surface area contributed by atoms with Crippen molar-refractivity contribution in [1.82, 2.24) is 0 Å². The molecule has 5 heteroatoms. The van der Waals surface area contributed by atoms with Crippen molar-refractivity contribution >= 4 is 8.80 Å². The summed E-state index contributed by atoms with van der Waals surface area (Å²) in [5.41, 5.74) is 5.46. The molecule has 0 aromatic heterocycles. The van der Waals surface area contributed by atoms with Crippen molar-refractivity contribution in [1.29, 1.82) is 0 Å². The van der Waals surface area contributed by atoms with E-state index in [0.717, 1.165) is 6.42 Å². The lowest BCUT2D eigenvalue weighted by Gasteiger charge is -2.24. The number of rotatable bonds is 6. The monoisotopic (exact) mass is 179 g/mol. The van der Waals surface area contributed by atoms with Gasteiger partial charge in [0.15, 0.2) is 0 Å². The zero-order chi connectivity index (χ0) is 8.74. The minimum absolute atomic E-state index is 0.333. The molecule has 0 aliphatic rings. The molecule has 0 fully saturated rings. The van der Waals surface area contributed by atoms with E-state index < -0.39 is 8.80 Å². The molecule has 0 bridgehead atoms. The maximum absolute atomic E-state index is 5.46. The fourth-order valence-corrected chi connectivity index (χ4v) is 2.05. The third-order valence-electron chi connectivity index (χ3n) is 1.40. The van der Waals surface area contributed by atoms with Gasteiger partial charge in [-0.1, -0.05) is 6.92 Å². The Bertz CT molecular complexity index is 89.6. The molecule has 0 rings (SSSR count). The van der Waals surface area contributed by atoms with Crippen molar-refractivity contribution in [2.45, 2.75) is 13.3 Å². The molecule has 2 N–H and O–H groups in total. The quantitative estimate of drug-likeness (QED) is 0.589. The molecule has 0 amide bonds. The summed E-state index contributed by atoms with van der Waals surface area (Å²) in [6.07, 6.45) is 1.28. The van der Waals surface area contributed by atoms with E-state index >= 15 is 0 Å². The molecule has 0 saturated heterocycles. The van der Waals surface area contributed by atoms with Crippen LogP contribution in [0.5, 0.6) is 0 Å². The average Bonchev–Trinajstić information content (AvgIpc) is 2.08. The summed E-state index contributed by atoms with van der Waals surface area (Å²) in [6.45, 7) is 2.67. The van der Waals surface area contributed by atoms with Gasteiger partial charge in [-0.15, -0.1) is 0 Å². The van der Waals surface area contributed by atoms with Gasteiger partial charge in [-0.2, -0.15) is 0 Å². The van der Waals surface area contributed by atoms with Crippen molar-refractivity contribution in [2.24, 2.45) is 5.73 Å². The third kappa shape index (κ3) is 3.30. The van der Waals surface area contributed by atoms with Gasteiger partial charge in [0.1, 0.15) is 0 Å². The molecule has 0 radical (unpaired) electrons. The number of nitrogens with two attached hydrogens (primary N) is 1. The zero-order valence-electron chi connectivity index (χ0n) is 7.42. The predicted octanol–water partition coefficient (Wildman–Crippen LogP) is 0.143. The highest BCUT2D eigenvalue weighted by atomic mass is 28.4. The molecule has 11 heavy (non-hydrogen) atoms. The molecule has 0 saturated carbocycles. The third-order valence-corrected chi connectivity index (χ3v) is 3.79. The van der Waals surface area contributed by atoms with Crippen LogP contribution in [0.3, 0.4) is 0 Å². The largest absolute Gasteiger partial charge is 0.514 e. The van der Waals surface area contributed by atoms with E-state index in [1.54, 1.807) is 14.2 Å². The Morgan fingerprint density at radius 1 is 1.27 bits per heavy atom. The normalized spacial score (nSPS) is 12.0.